The number of anilines is 1. The third-order valence-corrected chi connectivity index (χ3v) is 4.65. The normalized spacial score (nSPS) is 10.9. The van der Waals surface area contributed by atoms with Crippen molar-refractivity contribution in [3.8, 4) is 5.75 Å². The molecule has 4 aromatic rings. The molecule has 2 heterocycles. The Labute approximate surface area is 167 Å². The number of fused-ring (bicyclic) bond motifs is 1. The van der Waals surface area contributed by atoms with Crippen LogP contribution in [0.25, 0.3) is 5.65 Å². The third-order valence-electron chi connectivity index (χ3n) is 4.65. The van der Waals surface area contributed by atoms with Gasteiger partial charge in [0.15, 0.2) is 0 Å². The minimum atomic E-state index is -0.335. The maximum absolute atomic E-state index is 13.2. The number of benzene rings is 2. The molecule has 146 valence electrons. The highest BCUT2D eigenvalue weighted by molar-refractivity contribution is 6.04. The van der Waals surface area contributed by atoms with E-state index < -0.39 is 0 Å². The van der Waals surface area contributed by atoms with Crippen molar-refractivity contribution in [1.82, 2.24) is 9.38 Å². The lowest BCUT2D eigenvalue weighted by Gasteiger charge is -2.10. The van der Waals surface area contributed by atoms with Gasteiger partial charge in [-0.15, -0.1) is 0 Å². The van der Waals surface area contributed by atoms with E-state index >= 15 is 0 Å². The maximum Gasteiger partial charge on any atom is 0.255 e. The summed E-state index contributed by atoms with van der Waals surface area (Å²) >= 11 is 0. The largest absolute Gasteiger partial charge is 0.487 e. The van der Waals surface area contributed by atoms with Crippen LogP contribution < -0.4 is 10.1 Å². The van der Waals surface area contributed by atoms with Crippen LogP contribution >= 0.6 is 0 Å². The summed E-state index contributed by atoms with van der Waals surface area (Å²) in [4.78, 5) is 17.1. The summed E-state index contributed by atoms with van der Waals surface area (Å²) in [7, 11) is 0. The summed E-state index contributed by atoms with van der Waals surface area (Å²) in [5, 5.41) is 2.80. The molecule has 0 radical (unpaired) electrons. The van der Waals surface area contributed by atoms with E-state index in [2.05, 4.69) is 10.3 Å². The Hall–Kier alpha value is -3.67. The fourth-order valence-electron chi connectivity index (χ4n) is 3.12. The van der Waals surface area contributed by atoms with Gasteiger partial charge in [0.1, 0.15) is 23.8 Å². The van der Waals surface area contributed by atoms with Gasteiger partial charge in [-0.05, 0) is 67.4 Å². The number of ether oxygens (including phenoxy) is 1. The number of carbonyl (C=O) groups excluding carboxylic acids is 1. The van der Waals surface area contributed by atoms with Gasteiger partial charge in [-0.3, -0.25) is 4.79 Å². The van der Waals surface area contributed by atoms with Crippen LogP contribution in [0, 0.1) is 19.7 Å². The first-order valence-corrected chi connectivity index (χ1v) is 9.23. The van der Waals surface area contributed by atoms with Gasteiger partial charge in [0, 0.05) is 23.6 Å². The molecule has 0 saturated carbocycles. The van der Waals surface area contributed by atoms with Crippen molar-refractivity contribution >= 4 is 17.2 Å². The summed E-state index contributed by atoms with van der Waals surface area (Å²) in [6.45, 7) is 4.05. The van der Waals surface area contributed by atoms with Gasteiger partial charge in [-0.25, -0.2) is 9.37 Å². The monoisotopic (exact) mass is 389 g/mol. The number of carbonyl (C=O) groups is 1. The van der Waals surface area contributed by atoms with Crippen LogP contribution in [0.15, 0.2) is 67.0 Å². The first-order chi connectivity index (χ1) is 14.0. The average molecular weight is 389 g/mol. The molecule has 0 aliphatic rings. The number of aromatic nitrogens is 2. The van der Waals surface area contributed by atoms with Crippen LogP contribution in [-0.4, -0.2) is 15.3 Å². The first kappa shape index (κ1) is 18.7. The van der Waals surface area contributed by atoms with Crippen molar-refractivity contribution in [2.24, 2.45) is 0 Å². The lowest BCUT2D eigenvalue weighted by Crippen LogP contribution is -2.13. The number of amides is 1. The lowest BCUT2D eigenvalue weighted by molar-refractivity contribution is 0.102. The summed E-state index contributed by atoms with van der Waals surface area (Å²) in [6, 6.07) is 15.2. The van der Waals surface area contributed by atoms with Crippen LogP contribution in [0.5, 0.6) is 5.75 Å². The van der Waals surface area contributed by atoms with E-state index in [0.717, 1.165) is 16.9 Å². The number of nitrogens with zero attached hydrogens (tertiary/aromatic N) is 2. The number of hydrogen-bond acceptors (Lipinski definition) is 3. The van der Waals surface area contributed by atoms with E-state index in [1.807, 2.05) is 35.9 Å². The molecule has 0 fully saturated rings. The number of rotatable bonds is 5. The second-order valence-corrected chi connectivity index (χ2v) is 6.88. The molecule has 0 saturated heterocycles. The second kappa shape index (κ2) is 7.75. The number of aryl methyl sites for hydroxylation is 2. The highest BCUT2D eigenvalue weighted by atomic mass is 19.1. The van der Waals surface area contributed by atoms with Gasteiger partial charge in [-0.1, -0.05) is 12.1 Å². The fourth-order valence-corrected chi connectivity index (χ4v) is 3.12. The first-order valence-electron chi connectivity index (χ1n) is 9.23. The Balaban J connectivity index is 1.46. The number of halogens is 1. The van der Waals surface area contributed by atoms with Crippen molar-refractivity contribution in [2.75, 3.05) is 5.32 Å². The highest BCUT2D eigenvalue weighted by Crippen LogP contribution is 2.20. The molecule has 1 N–H and O–H groups in total. The third kappa shape index (κ3) is 4.11. The van der Waals surface area contributed by atoms with E-state index in [-0.39, 0.29) is 11.7 Å². The zero-order chi connectivity index (χ0) is 20.4. The van der Waals surface area contributed by atoms with Crippen molar-refractivity contribution in [1.29, 1.82) is 0 Å². The minimum absolute atomic E-state index is 0.284. The number of hydrogen-bond donors (Lipinski definition) is 1. The maximum atomic E-state index is 13.2. The predicted octanol–water partition coefficient (Wildman–Crippen LogP) is 4.92. The van der Waals surface area contributed by atoms with Gasteiger partial charge in [-0.2, -0.15) is 0 Å². The Bertz CT molecular complexity index is 1200. The van der Waals surface area contributed by atoms with Gasteiger partial charge in [0.25, 0.3) is 5.91 Å². The van der Waals surface area contributed by atoms with E-state index in [1.165, 1.54) is 12.1 Å². The molecule has 0 atom stereocenters. The summed E-state index contributed by atoms with van der Waals surface area (Å²) in [5.74, 6) is -0.0474. The van der Waals surface area contributed by atoms with Gasteiger partial charge >= 0.3 is 0 Å². The predicted molar refractivity (Wildman–Crippen MR) is 110 cm³/mol. The molecule has 2 aromatic heterocycles. The van der Waals surface area contributed by atoms with Crippen LogP contribution in [0.3, 0.4) is 0 Å². The summed E-state index contributed by atoms with van der Waals surface area (Å²) in [6.07, 6.45) is 3.87. The number of nitrogens with one attached hydrogen (secondary N) is 1. The zero-order valence-electron chi connectivity index (χ0n) is 16.1. The summed E-state index contributed by atoms with van der Waals surface area (Å²) in [5.41, 5.74) is 4.48. The molecular weight excluding hydrogens is 369 g/mol. The topological polar surface area (TPSA) is 55.6 Å². The summed E-state index contributed by atoms with van der Waals surface area (Å²) < 4.78 is 21.0. The minimum Gasteiger partial charge on any atom is -0.487 e. The second-order valence-electron chi connectivity index (χ2n) is 6.88. The molecule has 0 aliphatic heterocycles. The number of imidazole rings is 1. The highest BCUT2D eigenvalue weighted by Gasteiger charge is 2.10. The van der Waals surface area contributed by atoms with Crippen LogP contribution in [-0.2, 0) is 6.61 Å². The molecule has 6 heteroatoms. The Morgan fingerprint density at radius 3 is 2.76 bits per heavy atom. The molecule has 0 spiro atoms. The Morgan fingerprint density at radius 2 is 1.97 bits per heavy atom. The molecule has 0 aliphatic carbocycles. The van der Waals surface area contributed by atoms with E-state index in [0.29, 0.717) is 29.2 Å². The molecule has 5 nitrogen and oxygen atoms in total. The molecule has 29 heavy (non-hydrogen) atoms. The van der Waals surface area contributed by atoms with E-state index in [1.54, 1.807) is 37.3 Å². The van der Waals surface area contributed by atoms with Gasteiger partial charge in [0.05, 0.1) is 5.69 Å². The van der Waals surface area contributed by atoms with Crippen molar-refractivity contribution in [3.63, 3.8) is 0 Å². The molecular formula is C23H20FN3O2. The lowest BCUT2D eigenvalue weighted by atomic mass is 10.1. The van der Waals surface area contributed by atoms with Crippen LogP contribution in [0.4, 0.5) is 10.1 Å². The van der Waals surface area contributed by atoms with E-state index in [4.69, 9.17) is 4.74 Å². The average Bonchev–Trinajstić information content (AvgIpc) is 3.13. The molecule has 4 rings (SSSR count). The molecule has 1 amide bonds. The molecule has 0 bridgehead atoms. The van der Waals surface area contributed by atoms with Gasteiger partial charge < -0.3 is 14.5 Å². The standard InChI is InChI=1S/C23H20FN3O2/c1-15-5-4-10-27-13-19(25-22(15)27)14-29-20-7-3-6-17(12-20)23(28)26-21-9-8-18(24)11-16(21)2/h3-13H,14H2,1-2H3,(H,26,28). The van der Waals surface area contributed by atoms with E-state index in [9.17, 15) is 9.18 Å². The van der Waals surface area contributed by atoms with Crippen molar-refractivity contribution < 1.29 is 13.9 Å². The smallest absolute Gasteiger partial charge is 0.255 e. The Morgan fingerprint density at radius 1 is 1.10 bits per heavy atom. The zero-order valence-corrected chi connectivity index (χ0v) is 16.1. The van der Waals surface area contributed by atoms with Gasteiger partial charge in [0.2, 0.25) is 0 Å². The van der Waals surface area contributed by atoms with Crippen LogP contribution in [0.2, 0.25) is 0 Å². The number of pyridine rings is 1. The van der Waals surface area contributed by atoms with Crippen LogP contribution in [0.1, 0.15) is 27.2 Å². The van der Waals surface area contributed by atoms with Crippen molar-refractivity contribution in [3.05, 3.63) is 95.2 Å². The quantitative estimate of drug-likeness (QED) is 0.527. The molecule has 2 aromatic carbocycles. The van der Waals surface area contributed by atoms with Crippen molar-refractivity contribution in [2.45, 2.75) is 20.5 Å². The SMILES string of the molecule is Cc1cc(F)ccc1NC(=O)c1cccc(OCc2cn3cccc(C)c3n2)c1. The Kier molecular flexibility index (Phi) is 4.99. The molecule has 0 unspecified atom stereocenters. The fraction of sp³-hybridized carbons (Fsp3) is 0.130.